The summed E-state index contributed by atoms with van der Waals surface area (Å²) in [6.45, 7) is 5.63. The van der Waals surface area contributed by atoms with Crippen LogP contribution in [0.15, 0.2) is 24.3 Å². The smallest absolute Gasteiger partial charge is 0.0184 e. The summed E-state index contributed by atoms with van der Waals surface area (Å²) in [5, 5.41) is 4.50. The minimum absolute atomic E-state index is 0.721. The Morgan fingerprint density at radius 3 is 3.06 bits per heavy atom. The zero-order chi connectivity index (χ0) is 12.1. The van der Waals surface area contributed by atoms with Crippen molar-refractivity contribution in [2.24, 2.45) is 0 Å². The number of hydrogen-bond donors (Lipinski definition) is 1. The Hall–Kier alpha value is -0.470. The van der Waals surface area contributed by atoms with Gasteiger partial charge >= 0.3 is 0 Å². The second-order valence-electron chi connectivity index (χ2n) is 5.02. The number of aryl methyl sites for hydroxylation is 1. The number of nitrogens with one attached hydrogen (secondary N) is 1. The van der Waals surface area contributed by atoms with E-state index in [4.69, 9.17) is 0 Å². The Balaban J connectivity index is 1.75. The lowest BCUT2D eigenvalue weighted by Crippen LogP contribution is -2.40. The fourth-order valence-electron chi connectivity index (χ4n) is 2.46. The highest BCUT2D eigenvalue weighted by molar-refractivity contribution is 7.99. The second kappa shape index (κ2) is 6.46. The van der Waals surface area contributed by atoms with Gasteiger partial charge in [0, 0.05) is 11.3 Å². The standard InChI is InChI=1S/C15H23NS/c1-12-5-3-6-14(11-12)8-9-16-15-7-4-10-17-13(15)2/h3,5-6,11,13,15-16H,4,7-10H2,1-2H3. The lowest BCUT2D eigenvalue weighted by molar-refractivity contribution is 0.466. The highest BCUT2D eigenvalue weighted by Gasteiger charge is 2.20. The van der Waals surface area contributed by atoms with Crippen molar-refractivity contribution in [2.45, 2.75) is 44.4 Å². The van der Waals surface area contributed by atoms with Crippen molar-refractivity contribution in [1.82, 2.24) is 5.32 Å². The van der Waals surface area contributed by atoms with Gasteiger partial charge in [0.25, 0.3) is 0 Å². The molecule has 1 N–H and O–H groups in total. The van der Waals surface area contributed by atoms with Crippen molar-refractivity contribution in [3.63, 3.8) is 0 Å². The van der Waals surface area contributed by atoms with Gasteiger partial charge in [-0.25, -0.2) is 0 Å². The lowest BCUT2D eigenvalue weighted by Gasteiger charge is -2.29. The average Bonchev–Trinajstić information content (AvgIpc) is 2.32. The Morgan fingerprint density at radius 2 is 2.29 bits per heavy atom. The van der Waals surface area contributed by atoms with Crippen LogP contribution in [0, 0.1) is 6.92 Å². The van der Waals surface area contributed by atoms with Crippen LogP contribution in [0.25, 0.3) is 0 Å². The van der Waals surface area contributed by atoms with Crippen LogP contribution in [-0.4, -0.2) is 23.6 Å². The molecule has 94 valence electrons. The van der Waals surface area contributed by atoms with Gasteiger partial charge in [0.15, 0.2) is 0 Å². The summed E-state index contributed by atoms with van der Waals surface area (Å²) in [6.07, 6.45) is 3.87. The maximum Gasteiger partial charge on any atom is 0.0184 e. The zero-order valence-electron chi connectivity index (χ0n) is 10.9. The van der Waals surface area contributed by atoms with E-state index >= 15 is 0 Å². The number of thioether (sulfide) groups is 1. The largest absolute Gasteiger partial charge is 0.313 e. The van der Waals surface area contributed by atoms with Gasteiger partial charge in [-0.15, -0.1) is 0 Å². The Labute approximate surface area is 109 Å². The molecule has 1 aromatic rings. The molecule has 2 heteroatoms. The van der Waals surface area contributed by atoms with Gasteiger partial charge in [-0.2, -0.15) is 11.8 Å². The fraction of sp³-hybridized carbons (Fsp3) is 0.600. The summed E-state index contributed by atoms with van der Waals surface area (Å²) in [4.78, 5) is 0. The third kappa shape index (κ3) is 4.04. The summed E-state index contributed by atoms with van der Waals surface area (Å²) in [5.74, 6) is 1.34. The second-order valence-corrected chi connectivity index (χ2v) is 6.50. The highest BCUT2D eigenvalue weighted by Crippen LogP contribution is 2.24. The monoisotopic (exact) mass is 249 g/mol. The molecule has 17 heavy (non-hydrogen) atoms. The van der Waals surface area contributed by atoms with Gasteiger partial charge in [0.05, 0.1) is 0 Å². The SMILES string of the molecule is Cc1cccc(CCNC2CCCSC2C)c1. The molecule has 1 saturated heterocycles. The first-order valence-corrected chi connectivity index (χ1v) is 7.71. The summed E-state index contributed by atoms with van der Waals surface area (Å²) >= 11 is 2.11. The highest BCUT2D eigenvalue weighted by atomic mass is 32.2. The van der Waals surface area contributed by atoms with Gasteiger partial charge in [0.1, 0.15) is 0 Å². The lowest BCUT2D eigenvalue weighted by atomic mass is 10.1. The van der Waals surface area contributed by atoms with Crippen LogP contribution in [0.5, 0.6) is 0 Å². The minimum Gasteiger partial charge on any atom is -0.313 e. The van der Waals surface area contributed by atoms with Crippen LogP contribution in [0.1, 0.15) is 30.9 Å². The number of rotatable bonds is 4. The quantitative estimate of drug-likeness (QED) is 0.877. The maximum atomic E-state index is 3.72. The van der Waals surface area contributed by atoms with Crippen LogP contribution in [0.3, 0.4) is 0 Å². The first kappa shape index (κ1) is 13.0. The molecule has 1 fully saturated rings. The molecule has 2 rings (SSSR count). The van der Waals surface area contributed by atoms with Crippen molar-refractivity contribution < 1.29 is 0 Å². The molecule has 1 aliphatic heterocycles. The minimum atomic E-state index is 0.721. The molecule has 0 saturated carbocycles. The predicted molar refractivity (Wildman–Crippen MR) is 77.8 cm³/mol. The van der Waals surface area contributed by atoms with E-state index in [0.29, 0.717) is 0 Å². The first-order chi connectivity index (χ1) is 8.25. The Bertz CT molecular complexity index is 351. The molecular weight excluding hydrogens is 226 g/mol. The number of hydrogen-bond acceptors (Lipinski definition) is 2. The van der Waals surface area contributed by atoms with Crippen molar-refractivity contribution in [3.8, 4) is 0 Å². The van der Waals surface area contributed by atoms with Crippen LogP contribution < -0.4 is 5.32 Å². The van der Waals surface area contributed by atoms with Gasteiger partial charge < -0.3 is 5.32 Å². The predicted octanol–water partition coefficient (Wildman–Crippen LogP) is 3.41. The van der Waals surface area contributed by atoms with E-state index in [-0.39, 0.29) is 0 Å². The van der Waals surface area contributed by atoms with Gasteiger partial charge in [-0.3, -0.25) is 0 Å². The van der Waals surface area contributed by atoms with E-state index in [1.165, 1.54) is 29.7 Å². The molecule has 1 heterocycles. The average molecular weight is 249 g/mol. The fourth-order valence-corrected chi connectivity index (χ4v) is 3.63. The van der Waals surface area contributed by atoms with Crippen LogP contribution in [0.4, 0.5) is 0 Å². The first-order valence-electron chi connectivity index (χ1n) is 6.66. The molecule has 1 aliphatic rings. The summed E-state index contributed by atoms with van der Waals surface area (Å²) in [6, 6.07) is 9.56. The van der Waals surface area contributed by atoms with E-state index in [9.17, 15) is 0 Å². The van der Waals surface area contributed by atoms with Crippen LogP contribution in [-0.2, 0) is 6.42 Å². The van der Waals surface area contributed by atoms with Crippen LogP contribution >= 0.6 is 11.8 Å². The summed E-state index contributed by atoms with van der Waals surface area (Å²) in [5.41, 5.74) is 2.82. The summed E-state index contributed by atoms with van der Waals surface area (Å²) in [7, 11) is 0. The van der Waals surface area contributed by atoms with Crippen molar-refractivity contribution in [3.05, 3.63) is 35.4 Å². The molecule has 0 spiro atoms. The molecule has 0 amide bonds. The van der Waals surface area contributed by atoms with Crippen molar-refractivity contribution in [2.75, 3.05) is 12.3 Å². The molecule has 0 radical (unpaired) electrons. The summed E-state index contributed by atoms with van der Waals surface area (Å²) < 4.78 is 0. The molecule has 1 aromatic carbocycles. The van der Waals surface area contributed by atoms with E-state index in [0.717, 1.165) is 24.3 Å². The normalized spacial score (nSPS) is 24.8. The molecule has 1 nitrogen and oxygen atoms in total. The third-order valence-corrected chi connectivity index (χ3v) is 4.89. The van der Waals surface area contributed by atoms with Crippen molar-refractivity contribution >= 4 is 11.8 Å². The third-order valence-electron chi connectivity index (χ3n) is 3.51. The Kier molecular flexibility index (Phi) is 4.93. The van der Waals surface area contributed by atoms with Gasteiger partial charge in [0.2, 0.25) is 0 Å². The van der Waals surface area contributed by atoms with E-state index in [2.05, 4.69) is 55.2 Å². The molecule has 0 aromatic heterocycles. The Morgan fingerprint density at radius 1 is 1.41 bits per heavy atom. The van der Waals surface area contributed by atoms with Gasteiger partial charge in [-0.05, 0) is 44.0 Å². The molecule has 2 atom stereocenters. The zero-order valence-corrected chi connectivity index (χ0v) is 11.7. The van der Waals surface area contributed by atoms with Crippen molar-refractivity contribution in [1.29, 1.82) is 0 Å². The van der Waals surface area contributed by atoms with E-state index in [1.807, 2.05) is 0 Å². The molecule has 0 bridgehead atoms. The molecular formula is C15H23NS. The molecule has 2 unspecified atom stereocenters. The number of benzene rings is 1. The van der Waals surface area contributed by atoms with Gasteiger partial charge in [-0.1, -0.05) is 36.8 Å². The topological polar surface area (TPSA) is 12.0 Å². The van der Waals surface area contributed by atoms with Crippen LogP contribution in [0.2, 0.25) is 0 Å². The molecule has 0 aliphatic carbocycles. The van der Waals surface area contributed by atoms with E-state index in [1.54, 1.807) is 0 Å². The maximum absolute atomic E-state index is 3.72. The van der Waals surface area contributed by atoms with E-state index < -0.39 is 0 Å².